The summed E-state index contributed by atoms with van der Waals surface area (Å²) in [5, 5.41) is 21.3. The molecule has 1 saturated carbocycles. The monoisotopic (exact) mass is 284 g/mol. The zero-order valence-corrected chi connectivity index (χ0v) is 10.7. The molecule has 0 aliphatic heterocycles. The number of halogens is 3. The molecule has 0 radical (unpaired) electrons. The van der Waals surface area contributed by atoms with Crippen molar-refractivity contribution in [1.29, 1.82) is 5.26 Å². The third-order valence-electron chi connectivity index (χ3n) is 3.70. The molecule has 0 heterocycles. The Balaban J connectivity index is 2.22. The lowest BCUT2D eigenvalue weighted by Gasteiger charge is -2.21. The molecule has 6 heteroatoms. The third kappa shape index (κ3) is 3.05. The van der Waals surface area contributed by atoms with E-state index in [-0.39, 0.29) is 24.1 Å². The topological polar surface area (TPSA) is 56.0 Å². The SMILES string of the molecule is N#Cc1cc(C(F)(F)F)ccc1NC1CCCC1CO. The molecule has 0 bridgehead atoms. The Morgan fingerprint density at radius 1 is 1.35 bits per heavy atom. The molecule has 2 atom stereocenters. The van der Waals surface area contributed by atoms with Gasteiger partial charge in [0.25, 0.3) is 0 Å². The van der Waals surface area contributed by atoms with Gasteiger partial charge < -0.3 is 10.4 Å². The van der Waals surface area contributed by atoms with E-state index in [0.717, 1.165) is 31.4 Å². The lowest BCUT2D eigenvalue weighted by Crippen LogP contribution is -2.26. The quantitative estimate of drug-likeness (QED) is 0.896. The average molecular weight is 284 g/mol. The van der Waals surface area contributed by atoms with Gasteiger partial charge in [-0.05, 0) is 31.0 Å². The summed E-state index contributed by atoms with van der Waals surface area (Å²) in [6.07, 6.45) is -1.76. The maximum atomic E-state index is 12.6. The number of aliphatic hydroxyl groups excluding tert-OH is 1. The number of aliphatic hydroxyl groups is 1. The Morgan fingerprint density at radius 2 is 2.10 bits per heavy atom. The fraction of sp³-hybridized carbons (Fsp3) is 0.500. The molecular formula is C14H15F3N2O. The maximum Gasteiger partial charge on any atom is 0.416 e. The van der Waals surface area contributed by atoms with Crippen molar-refractivity contribution < 1.29 is 18.3 Å². The van der Waals surface area contributed by atoms with E-state index in [4.69, 9.17) is 5.26 Å². The van der Waals surface area contributed by atoms with Crippen LogP contribution in [0.1, 0.15) is 30.4 Å². The van der Waals surface area contributed by atoms with Gasteiger partial charge in [0.2, 0.25) is 0 Å². The van der Waals surface area contributed by atoms with E-state index in [1.54, 1.807) is 6.07 Å². The highest BCUT2D eigenvalue weighted by atomic mass is 19.4. The van der Waals surface area contributed by atoms with Crippen molar-refractivity contribution in [3.63, 3.8) is 0 Å². The summed E-state index contributed by atoms with van der Waals surface area (Å²) in [5.74, 6) is 0.0869. The van der Waals surface area contributed by atoms with E-state index in [1.165, 1.54) is 6.07 Å². The second-order valence-corrected chi connectivity index (χ2v) is 4.99. The van der Waals surface area contributed by atoms with Gasteiger partial charge in [-0.3, -0.25) is 0 Å². The van der Waals surface area contributed by atoms with Crippen LogP contribution in [0.5, 0.6) is 0 Å². The van der Waals surface area contributed by atoms with Gasteiger partial charge >= 0.3 is 6.18 Å². The van der Waals surface area contributed by atoms with E-state index in [0.29, 0.717) is 5.69 Å². The number of rotatable bonds is 3. The lowest BCUT2D eigenvalue weighted by molar-refractivity contribution is -0.137. The molecule has 0 spiro atoms. The minimum Gasteiger partial charge on any atom is -0.396 e. The molecule has 0 amide bonds. The lowest BCUT2D eigenvalue weighted by atomic mass is 10.0. The standard InChI is InChI=1S/C14H15F3N2O/c15-14(16,17)11-4-5-13(10(6-11)7-18)19-12-3-1-2-9(12)8-20/h4-6,9,12,19-20H,1-3,8H2. The van der Waals surface area contributed by atoms with Crippen LogP contribution in [0.2, 0.25) is 0 Å². The Kier molecular flexibility index (Phi) is 4.19. The van der Waals surface area contributed by atoms with E-state index < -0.39 is 11.7 Å². The Bertz CT molecular complexity index is 522. The van der Waals surface area contributed by atoms with Gasteiger partial charge in [0.05, 0.1) is 16.8 Å². The number of alkyl halides is 3. The van der Waals surface area contributed by atoms with E-state index in [2.05, 4.69) is 5.32 Å². The average Bonchev–Trinajstić information content (AvgIpc) is 2.85. The molecule has 20 heavy (non-hydrogen) atoms. The molecule has 1 aromatic rings. The molecule has 2 rings (SSSR count). The van der Waals surface area contributed by atoms with Crippen LogP contribution in [0.25, 0.3) is 0 Å². The van der Waals surface area contributed by atoms with Gasteiger partial charge in [0.1, 0.15) is 6.07 Å². The zero-order chi connectivity index (χ0) is 14.8. The molecule has 108 valence electrons. The van der Waals surface area contributed by atoms with Crippen LogP contribution in [-0.4, -0.2) is 17.8 Å². The minimum absolute atomic E-state index is 0.00355. The van der Waals surface area contributed by atoms with Gasteiger partial charge in [-0.15, -0.1) is 0 Å². The van der Waals surface area contributed by atoms with Crippen LogP contribution in [-0.2, 0) is 6.18 Å². The molecular weight excluding hydrogens is 269 g/mol. The zero-order valence-electron chi connectivity index (χ0n) is 10.7. The predicted octanol–water partition coefficient (Wildman–Crippen LogP) is 3.15. The molecule has 2 N–H and O–H groups in total. The van der Waals surface area contributed by atoms with Crippen molar-refractivity contribution >= 4 is 5.69 Å². The number of nitrogens with zero attached hydrogens (tertiary/aromatic N) is 1. The van der Waals surface area contributed by atoms with Crippen molar-refractivity contribution in [2.24, 2.45) is 5.92 Å². The first-order valence-corrected chi connectivity index (χ1v) is 6.44. The number of anilines is 1. The summed E-state index contributed by atoms with van der Waals surface area (Å²) in [4.78, 5) is 0. The summed E-state index contributed by atoms with van der Waals surface area (Å²) in [6.45, 7) is 0.0419. The first-order valence-electron chi connectivity index (χ1n) is 6.44. The van der Waals surface area contributed by atoms with Crippen LogP contribution in [0.15, 0.2) is 18.2 Å². The van der Waals surface area contributed by atoms with Crippen molar-refractivity contribution in [3.05, 3.63) is 29.3 Å². The summed E-state index contributed by atoms with van der Waals surface area (Å²) in [6, 6.07) is 4.90. The summed E-state index contributed by atoms with van der Waals surface area (Å²) in [5.41, 5.74) is -0.459. The largest absolute Gasteiger partial charge is 0.416 e. The predicted molar refractivity (Wildman–Crippen MR) is 68.0 cm³/mol. The van der Waals surface area contributed by atoms with E-state index in [1.807, 2.05) is 0 Å². The van der Waals surface area contributed by atoms with E-state index in [9.17, 15) is 18.3 Å². The number of benzene rings is 1. The van der Waals surface area contributed by atoms with Crippen LogP contribution in [0.4, 0.5) is 18.9 Å². The Morgan fingerprint density at radius 3 is 2.70 bits per heavy atom. The normalized spacial score (nSPS) is 22.6. The fourth-order valence-corrected chi connectivity index (χ4v) is 2.58. The van der Waals surface area contributed by atoms with E-state index >= 15 is 0 Å². The first kappa shape index (κ1) is 14.7. The summed E-state index contributed by atoms with van der Waals surface area (Å²) >= 11 is 0. The second kappa shape index (κ2) is 5.71. The van der Waals surface area contributed by atoms with Crippen molar-refractivity contribution in [3.8, 4) is 6.07 Å². The molecule has 1 aliphatic carbocycles. The molecule has 1 aliphatic rings. The van der Waals surface area contributed by atoms with Crippen LogP contribution in [0.3, 0.4) is 0 Å². The molecule has 0 saturated heterocycles. The van der Waals surface area contributed by atoms with Crippen LogP contribution < -0.4 is 5.32 Å². The van der Waals surface area contributed by atoms with Crippen molar-refractivity contribution in [2.75, 3.05) is 11.9 Å². The van der Waals surface area contributed by atoms with Crippen molar-refractivity contribution in [2.45, 2.75) is 31.5 Å². The van der Waals surface area contributed by atoms with Gasteiger partial charge in [0.15, 0.2) is 0 Å². The number of nitrogens with one attached hydrogen (secondary N) is 1. The van der Waals surface area contributed by atoms with Gasteiger partial charge in [-0.1, -0.05) is 6.42 Å². The molecule has 0 aromatic heterocycles. The first-order chi connectivity index (χ1) is 9.45. The molecule has 1 aromatic carbocycles. The highest BCUT2D eigenvalue weighted by Crippen LogP contribution is 2.33. The second-order valence-electron chi connectivity index (χ2n) is 4.99. The minimum atomic E-state index is -4.45. The summed E-state index contributed by atoms with van der Waals surface area (Å²) < 4.78 is 37.8. The number of hydrogen-bond donors (Lipinski definition) is 2. The Labute approximate surface area is 115 Å². The van der Waals surface area contributed by atoms with Gasteiger partial charge in [-0.2, -0.15) is 18.4 Å². The highest BCUT2D eigenvalue weighted by molar-refractivity contribution is 5.59. The molecule has 2 unspecified atom stereocenters. The van der Waals surface area contributed by atoms with Crippen molar-refractivity contribution in [1.82, 2.24) is 0 Å². The third-order valence-corrected chi connectivity index (χ3v) is 3.70. The summed E-state index contributed by atoms with van der Waals surface area (Å²) in [7, 11) is 0. The maximum absolute atomic E-state index is 12.6. The van der Waals surface area contributed by atoms with Crippen LogP contribution in [0, 0.1) is 17.2 Å². The van der Waals surface area contributed by atoms with Gasteiger partial charge in [-0.25, -0.2) is 0 Å². The smallest absolute Gasteiger partial charge is 0.396 e. The Hall–Kier alpha value is -1.74. The molecule has 1 fully saturated rings. The molecule has 3 nitrogen and oxygen atoms in total. The number of nitriles is 1. The van der Waals surface area contributed by atoms with Gasteiger partial charge in [0, 0.05) is 18.6 Å². The van der Waals surface area contributed by atoms with Crippen LogP contribution >= 0.6 is 0 Å². The number of hydrogen-bond acceptors (Lipinski definition) is 3. The highest BCUT2D eigenvalue weighted by Gasteiger charge is 2.32. The fourth-order valence-electron chi connectivity index (χ4n) is 2.58.